The van der Waals surface area contributed by atoms with E-state index in [0.29, 0.717) is 26.7 Å². The summed E-state index contributed by atoms with van der Waals surface area (Å²) < 4.78 is 6.99. The number of tetrazole rings is 1. The number of benzene rings is 2. The molecule has 0 N–H and O–H groups in total. The minimum absolute atomic E-state index is 0.564. The second-order valence-corrected chi connectivity index (χ2v) is 6.29. The number of ether oxygens (including phenoxy) is 1. The monoisotopic (exact) mass is 366 g/mol. The molecule has 0 fully saturated rings. The topological polar surface area (TPSA) is 52.8 Å². The summed E-state index contributed by atoms with van der Waals surface area (Å²) in [5.74, 6) is 1.26. The Hall–Kier alpha value is -1.76. The lowest BCUT2D eigenvalue weighted by atomic mass is 10.2. The van der Waals surface area contributed by atoms with Crippen LogP contribution in [0.25, 0.3) is 5.69 Å². The SMILES string of the molecule is COc1ccccc1-n1nnnc1SCc1c(Cl)cccc1Cl. The van der Waals surface area contributed by atoms with Crippen molar-refractivity contribution in [3.05, 3.63) is 58.1 Å². The maximum Gasteiger partial charge on any atom is 0.214 e. The smallest absolute Gasteiger partial charge is 0.214 e. The number of nitrogens with zero attached hydrogens (tertiary/aromatic N) is 4. The van der Waals surface area contributed by atoms with Crippen molar-refractivity contribution in [3.63, 3.8) is 0 Å². The minimum atomic E-state index is 0.564. The highest BCUT2D eigenvalue weighted by Gasteiger charge is 2.14. The Labute approximate surface area is 147 Å². The van der Waals surface area contributed by atoms with E-state index in [4.69, 9.17) is 27.9 Å². The number of rotatable bonds is 5. The average Bonchev–Trinajstić information content (AvgIpc) is 3.02. The van der Waals surface area contributed by atoms with Gasteiger partial charge < -0.3 is 4.74 Å². The molecule has 23 heavy (non-hydrogen) atoms. The van der Waals surface area contributed by atoms with Crippen molar-refractivity contribution in [1.82, 2.24) is 20.2 Å². The Bertz CT molecular complexity index is 804. The summed E-state index contributed by atoms with van der Waals surface area (Å²) in [7, 11) is 1.61. The lowest BCUT2D eigenvalue weighted by Crippen LogP contribution is -2.02. The van der Waals surface area contributed by atoms with Crippen molar-refractivity contribution in [2.24, 2.45) is 0 Å². The molecule has 5 nitrogen and oxygen atoms in total. The Morgan fingerprint density at radius 1 is 1.09 bits per heavy atom. The molecule has 0 amide bonds. The van der Waals surface area contributed by atoms with Gasteiger partial charge in [0, 0.05) is 15.8 Å². The predicted octanol–water partition coefficient (Wildman–Crippen LogP) is 4.27. The number of halogens is 2. The van der Waals surface area contributed by atoms with Gasteiger partial charge in [-0.1, -0.05) is 53.2 Å². The molecule has 8 heteroatoms. The normalized spacial score (nSPS) is 10.7. The molecule has 0 radical (unpaired) electrons. The predicted molar refractivity (Wildman–Crippen MR) is 91.7 cm³/mol. The summed E-state index contributed by atoms with van der Waals surface area (Å²) in [4.78, 5) is 0. The first-order valence-electron chi connectivity index (χ1n) is 6.68. The summed E-state index contributed by atoms with van der Waals surface area (Å²) in [5.41, 5.74) is 1.63. The van der Waals surface area contributed by atoms with Crippen LogP contribution >= 0.6 is 35.0 Å². The van der Waals surface area contributed by atoms with Crippen LogP contribution in [0, 0.1) is 0 Å². The fraction of sp³-hybridized carbons (Fsp3) is 0.133. The molecule has 0 saturated carbocycles. The summed E-state index contributed by atoms with van der Waals surface area (Å²) in [6.45, 7) is 0. The molecule has 3 rings (SSSR count). The van der Waals surface area contributed by atoms with Crippen LogP contribution in [-0.4, -0.2) is 27.3 Å². The molecular weight excluding hydrogens is 355 g/mol. The summed E-state index contributed by atoms with van der Waals surface area (Å²) in [6.07, 6.45) is 0. The van der Waals surface area contributed by atoms with Gasteiger partial charge in [-0.25, -0.2) is 0 Å². The van der Waals surface area contributed by atoms with Gasteiger partial charge in [-0.2, -0.15) is 4.68 Å². The van der Waals surface area contributed by atoms with E-state index >= 15 is 0 Å². The van der Waals surface area contributed by atoms with Crippen LogP contribution in [0.15, 0.2) is 47.6 Å². The zero-order valence-corrected chi connectivity index (χ0v) is 14.4. The summed E-state index contributed by atoms with van der Waals surface area (Å²) >= 11 is 13.8. The summed E-state index contributed by atoms with van der Waals surface area (Å²) in [5, 5.41) is 13.7. The fourth-order valence-electron chi connectivity index (χ4n) is 2.03. The van der Waals surface area contributed by atoms with Crippen molar-refractivity contribution in [2.75, 3.05) is 7.11 Å². The molecular formula is C15H12Cl2N4OS. The van der Waals surface area contributed by atoms with E-state index in [9.17, 15) is 0 Å². The molecule has 3 aromatic rings. The highest BCUT2D eigenvalue weighted by molar-refractivity contribution is 7.98. The fourth-order valence-corrected chi connectivity index (χ4v) is 3.66. The third-order valence-electron chi connectivity index (χ3n) is 3.16. The Balaban J connectivity index is 1.87. The molecule has 0 spiro atoms. The maximum absolute atomic E-state index is 6.20. The van der Waals surface area contributed by atoms with Crippen LogP contribution < -0.4 is 4.74 Å². The molecule has 0 aliphatic heterocycles. The highest BCUT2D eigenvalue weighted by Crippen LogP contribution is 2.32. The molecule has 0 unspecified atom stereocenters. The van der Waals surface area contributed by atoms with E-state index in [0.717, 1.165) is 11.3 Å². The summed E-state index contributed by atoms with van der Waals surface area (Å²) in [6, 6.07) is 13.0. The third kappa shape index (κ3) is 3.44. The van der Waals surface area contributed by atoms with Crippen molar-refractivity contribution >= 4 is 35.0 Å². The third-order valence-corrected chi connectivity index (χ3v) is 4.82. The number of thioether (sulfide) groups is 1. The Morgan fingerprint density at radius 3 is 2.57 bits per heavy atom. The number of hydrogen-bond acceptors (Lipinski definition) is 5. The molecule has 0 atom stereocenters. The Morgan fingerprint density at radius 2 is 1.83 bits per heavy atom. The molecule has 0 saturated heterocycles. The van der Waals surface area contributed by atoms with Crippen LogP contribution in [0.5, 0.6) is 5.75 Å². The van der Waals surface area contributed by atoms with Crippen LogP contribution in [0.4, 0.5) is 0 Å². The van der Waals surface area contributed by atoms with Gasteiger partial charge in [-0.3, -0.25) is 0 Å². The van der Waals surface area contributed by atoms with E-state index in [1.807, 2.05) is 42.5 Å². The number of hydrogen-bond donors (Lipinski definition) is 0. The molecule has 1 aromatic heterocycles. The van der Waals surface area contributed by atoms with Crippen LogP contribution in [0.2, 0.25) is 10.0 Å². The number of para-hydroxylation sites is 2. The number of methoxy groups -OCH3 is 1. The van der Waals surface area contributed by atoms with E-state index in [-0.39, 0.29) is 0 Å². The van der Waals surface area contributed by atoms with E-state index in [2.05, 4.69) is 15.5 Å². The quantitative estimate of drug-likeness (QED) is 0.631. The molecule has 0 aliphatic carbocycles. The van der Waals surface area contributed by atoms with Gasteiger partial charge in [0.1, 0.15) is 11.4 Å². The lowest BCUT2D eigenvalue weighted by Gasteiger charge is -2.09. The van der Waals surface area contributed by atoms with Crippen molar-refractivity contribution in [1.29, 1.82) is 0 Å². The first-order valence-corrected chi connectivity index (χ1v) is 8.42. The standard InChI is InChI=1S/C15H12Cl2N4OS/c1-22-14-8-3-2-7-13(14)21-15(18-19-20-21)23-9-10-11(16)5-4-6-12(10)17/h2-8H,9H2,1H3. The molecule has 1 heterocycles. The van der Waals surface area contributed by atoms with Gasteiger partial charge >= 0.3 is 0 Å². The first-order chi connectivity index (χ1) is 11.2. The van der Waals surface area contributed by atoms with E-state index < -0.39 is 0 Å². The minimum Gasteiger partial charge on any atom is -0.494 e. The lowest BCUT2D eigenvalue weighted by molar-refractivity contribution is 0.410. The van der Waals surface area contributed by atoms with Gasteiger partial charge in [0.2, 0.25) is 5.16 Å². The first kappa shape index (κ1) is 16.1. The van der Waals surface area contributed by atoms with Crippen molar-refractivity contribution in [3.8, 4) is 11.4 Å². The number of aromatic nitrogens is 4. The Kier molecular flexibility index (Phi) is 5.05. The van der Waals surface area contributed by atoms with Gasteiger partial charge in [-0.15, -0.1) is 5.10 Å². The van der Waals surface area contributed by atoms with E-state index in [1.165, 1.54) is 11.8 Å². The molecule has 2 aromatic carbocycles. The van der Waals surface area contributed by atoms with Crippen molar-refractivity contribution < 1.29 is 4.74 Å². The van der Waals surface area contributed by atoms with E-state index in [1.54, 1.807) is 11.8 Å². The van der Waals surface area contributed by atoms with Crippen molar-refractivity contribution in [2.45, 2.75) is 10.9 Å². The average molecular weight is 367 g/mol. The van der Waals surface area contributed by atoms with Gasteiger partial charge in [-0.05, 0) is 40.3 Å². The second kappa shape index (κ2) is 7.21. The van der Waals surface area contributed by atoms with Gasteiger partial charge in [0.25, 0.3) is 0 Å². The maximum atomic E-state index is 6.20. The van der Waals surface area contributed by atoms with Gasteiger partial charge in [0.15, 0.2) is 0 Å². The molecule has 118 valence electrons. The van der Waals surface area contributed by atoms with Crippen LogP contribution in [0.1, 0.15) is 5.56 Å². The zero-order chi connectivity index (χ0) is 16.2. The second-order valence-electron chi connectivity index (χ2n) is 4.53. The highest BCUT2D eigenvalue weighted by atomic mass is 35.5. The van der Waals surface area contributed by atoms with Gasteiger partial charge in [0.05, 0.1) is 7.11 Å². The molecule has 0 bridgehead atoms. The zero-order valence-electron chi connectivity index (χ0n) is 12.1. The molecule has 0 aliphatic rings. The van der Waals surface area contributed by atoms with Crippen LogP contribution in [-0.2, 0) is 5.75 Å². The van der Waals surface area contributed by atoms with Crippen LogP contribution in [0.3, 0.4) is 0 Å². The largest absolute Gasteiger partial charge is 0.494 e.